The minimum atomic E-state index is -0.471. The first kappa shape index (κ1) is 18.4. The lowest BCUT2D eigenvalue weighted by molar-refractivity contribution is -0.113. The minimum Gasteiger partial charge on any atom is -0.485 e. The SMILES string of the molecule is Cc1cc(C)cc(NC(=O)CSc2nnc([C@H]3COc4ccccc4O3)o2)c1. The molecule has 1 aliphatic rings. The molecule has 1 amide bonds. The van der Waals surface area contributed by atoms with Gasteiger partial charge in [-0.3, -0.25) is 4.79 Å². The fourth-order valence-corrected chi connectivity index (χ4v) is 3.49. The number of fused-ring (bicyclic) bond motifs is 1. The van der Waals surface area contributed by atoms with Crippen molar-refractivity contribution >= 4 is 23.4 Å². The van der Waals surface area contributed by atoms with Crippen LogP contribution in [0.3, 0.4) is 0 Å². The Morgan fingerprint density at radius 3 is 2.68 bits per heavy atom. The van der Waals surface area contributed by atoms with Crippen molar-refractivity contribution in [3.63, 3.8) is 0 Å². The second-order valence-corrected chi connectivity index (χ2v) is 7.41. The van der Waals surface area contributed by atoms with Crippen LogP contribution in [0.4, 0.5) is 5.69 Å². The Morgan fingerprint density at radius 1 is 1.14 bits per heavy atom. The van der Waals surface area contributed by atoms with Gasteiger partial charge in [-0.15, -0.1) is 10.2 Å². The monoisotopic (exact) mass is 397 g/mol. The largest absolute Gasteiger partial charge is 0.485 e. The predicted molar refractivity (Wildman–Crippen MR) is 105 cm³/mol. The van der Waals surface area contributed by atoms with Crippen LogP contribution in [0.2, 0.25) is 0 Å². The number of carbonyl (C=O) groups is 1. The van der Waals surface area contributed by atoms with Gasteiger partial charge in [-0.1, -0.05) is 30.0 Å². The summed E-state index contributed by atoms with van der Waals surface area (Å²) in [5.41, 5.74) is 2.97. The average molecular weight is 397 g/mol. The number of nitrogens with zero attached hydrogens (tertiary/aromatic N) is 2. The van der Waals surface area contributed by atoms with Gasteiger partial charge in [-0.2, -0.15) is 0 Å². The lowest BCUT2D eigenvalue weighted by Crippen LogP contribution is -2.21. The maximum Gasteiger partial charge on any atom is 0.277 e. The molecular formula is C20H19N3O4S. The molecule has 28 heavy (non-hydrogen) atoms. The van der Waals surface area contributed by atoms with Crippen LogP contribution in [0.25, 0.3) is 0 Å². The molecule has 4 rings (SSSR count). The Balaban J connectivity index is 1.33. The molecule has 3 aromatic rings. The number of thioether (sulfide) groups is 1. The molecule has 0 radical (unpaired) electrons. The van der Waals surface area contributed by atoms with E-state index in [4.69, 9.17) is 13.9 Å². The van der Waals surface area contributed by atoms with E-state index in [9.17, 15) is 4.79 Å². The maximum atomic E-state index is 12.2. The van der Waals surface area contributed by atoms with E-state index >= 15 is 0 Å². The molecule has 2 heterocycles. The number of benzene rings is 2. The van der Waals surface area contributed by atoms with Crippen LogP contribution in [0.1, 0.15) is 23.1 Å². The number of nitrogens with one attached hydrogen (secondary N) is 1. The number of rotatable bonds is 5. The summed E-state index contributed by atoms with van der Waals surface area (Å²) in [5.74, 6) is 1.68. The van der Waals surface area contributed by atoms with Gasteiger partial charge in [-0.05, 0) is 49.2 Å². The van der Waals surface area contributed by atoms with E-state index in [2.05, 4.69) is 21.6 Å². The molecule has 0 saturated heterocycles. The van der Waals surface area contributed by atoms with Crippen molar-refractivity contribution in [3.05, 3.63) is 59.5 Å². The van der Waals surface area contributed by atoms with Crippen molar-refractivity contribution in [1.82, 2.24) is 10.2 Å². The number of aryl methyl sites for hydroxylation is 2. The van der Waals surface area contributed by atoms with Crippen molar-refractivity contribution in [1.29, 1.82) is 0 Å². The zero-order chi connectivity index (χ0) is 19.5. The van der Waals surface area contributed by atoms with Gasteiger partial charge in [0.05, 0.1) is 5.75 Å². The standard InChI is InChI=1S/C20H19N3O4S/c1-12-7-13(2)9-14(8-12)21-18(24)11-28-20-23-22-19(27-20)17-10-25-15-5-3-4-6-16(15)26-17/h3-9,17H,10-11H2,1-2H3,(H,21,24)/t17-/m1/s1. The van der Waals surface area contributed by atoms with E-state index in [1.807, 2.05) is 50.2 Å². The Morgan fingerprint density at radius 2 is 1.89 bits per heavy atom. The van der Waals surface area contributed by atoms with Crippen LogP contribution in [0, 0.1) is 13.8 Å². The summed E-state index contributed by atoms with van der Waals surface area (Å²) in [6.45, 7) is 4.27. The van der Waals surface area contributed by atoms with Crippen LogP contribution < -0.4 is 14.8 Å². The molecule has 0 unspecified atom stereocenters. The molecule has 1 atom stereocenters. The Kier molecular flexibility index (Phi) is 5.21. The zero-order valence-electron chi connectivity index (χ0n) is 15.5. The first-order valence-corrected chi connectivity index (χ1v) is 9.78. The zero-order valence-corrected chi connectivity index (χ0v) is 16.3. The molecule has 1 aliphatic heterocycles. The second kappa shape index (κ2) is 7.93. The third kappa shape index (κ3) is 4.28. The van der Waals surface area contributed by atoms with Crippen molar-refractivity contribution in [2.75, 3.05) is 17.7 Å². The molecular weight excluding hydrogens is 378 g/mol. The number of anilines is 1. The van der Waals surface area contributed by atoms with Crippen LogP contribution in [-0.2, 0) is 4.79 Å². The Labute approximate surface area is 166 Å². The van der Waals surface area contributed by atoms with Crippen LogP contribution in [0.15, 0.2) is 52.1 Å². The fourth-order valence-electron chi connectivity index (χ4n) is 2.92. The summed E-state index contributed by atoms with van der Waals surface area (Å²) in [6.07, 6.45) is -0.471. The third-order valence-corrected chi connectivity index (χ3v) is 4.86. The highest BCUT2D eigenvalue weighted by molar-refractivity contribution is 7.99. The van der Waals surface area contributed by atoms with E-state index in [1.54, 1.807) is 0 Å². The molecule has 1 N–H and O–H groups in total. The lowest BCUT2D eigenvalue weighted by atomic mass is 10.1. The predicted octanol–water partition coefficient (Wildman–Crippen LogP) is 3.93. The Bertz CT molecular complexity index is 984. The summed E-state index contributed by atoms with van der Waals surface area (Å²) in [7, 11) is 0. The number of aromatic nitrogens is 2. The highest BCUT2D eigenvalue weighted by Gasteiger charge is 2.27. The minimum absolute atomic E-state index is 0.138. The summed E-state index contributed by atoms with van der Waals surface area (Å²) >= 11 is 1.18. The van der Waals surface area contributed by atoms with Crippen molar-refractivity contribution in [2.24, 2.45) is 0 Å². The van der Waals surface area contributed by atoms with E-state index in [-0.39, 0.29) is 18.3 Å². The number of hydrogen-bond donors (Lipinski definition) is 1. The second-order valence-electron chi connectivity index (χ2n) is 6.48. The highest BCUT2D eigenvalue weighted by atomic mass is 32.2. The van der Waals surface area contributed by atoms with Gasteiger partial charge in [0.2, 0.25) is 12.0 Å². The highest BCUT2D eigenvalue weighted by Crippen LogP contribution is 2.35. The summed E-state index contributed by atoms with van der Waals surface area (Å²) in [6, 6.07) is 13.3. The molecule has 1 aromatic heterocycles. The molecule has 8 heteroatoms. The van der Waals surface area contributed by atoms with Crippen molar-refractivity contribution < 1.29 is 18.7 Å². The number of ether oxygens (including phenoxy) is 2. The molecule has 0 aliphatic carbocycles. The topological polar surface area (TPSA) is 86.5 Å². The summed E-state index contributed by atoms with van der Waals surface area (Å²) in [4.78, 5) is 12.2. The molecule has 0 spiro atoms. The summed E-state index contributed by atoms with van der Waals surface area (Å²) in [5, 5.41) is 11.2. The van der Waals surface area contributed by atoms with Gasteiger partial charge in [0.15, 0.2) is 11.5 Å². The number of para-hydroxylation sites is 2. The quantitative estimate of drug-likeness (QED) is 0.653. The van der Waals surface area contributed by atoms with Crippen LogP contribution in [-0.4, -0.2) is 28.5 Å². The smallest absolute Gasteiger partial charge is 0.277 e. The third-order valence-electron chi connectivity index (χ3n) is 4.04. The van der Waals surface area contributed by atoms with Gasteiger partial charge >= 0.3 is 0 Å². The van der Waals surface area contributed by atoms with Crippen molar-refractivity contribution in [2.45, 2.75) is 25.2 Å². The van der Waals surface area contributed by atoms with E-state index in [0.717, 1.165) is 16.8 Å². The molecule has 2 aromatic carbocycles. The molecule has 0 bridgehead atoms. The van der Waals surface area contributed by atoms with Gasteiger partial charge in [0.1, 0.15) is 6.61 Å². The lowest BCUT2D eigenvalue weighted by Gasteiger charge is -2.23. The molecule has 144 valence electrons. The van der Waals surface area contributed by atoms with E-state index in [1.165, 1.54) is 11.8 Å². The molecule has 7 nitrogen and oxygen atoms in total. The number of amides is 1. The number of hydrogen-bond acceptors (Lipinski definition) is 7. The summed E-state index contributed by atoms with van der Waals surface area (Å²) < 4.78 is 17.1. The maximum absolute atomic E-state index is 12.2. The average Bonchev–Trinajstić information content (AvgIpc) is 3.14. The van der Waals surface area contributed by atoms with Gasteiger partial charge in [0, 0.05) is 5.69 Å². The van der Waals surface area contributed by atoms with E-state index < -0.39 is 6.10 Å². The molecule has 0 saturated carbocycles. The van der Waals surface area contributed by atoms with Gasteiger partial charge in [0.25, 0.3) is 11.1 Å². The normalized spacial score (nSPS) is 15.3. The van der Waals surface area contributed by atoms with Crippen LogP contribution >= 0.6 is 11.8 Å². The number of carbonyl (C=O) groups excluding carboxylic acids is 1. The first-order chi connectivity index (χ1) is 13.6. The van der Waals surface area contributed by atoms with Gasteiger partial charge in [-0.25, -0.2) is 0 Å². The Hall–Kier alpha value is -3.00. The van der Waals surface area contributed by atoms with Crippen LogP contribution in [0.5, 0.6) is 11.5 Å². The fraction of sp³-hybridized carbons (Fsp3) is 0.250. The van der Waals surface area contributed by atoms with Gasteiger partial charge < -0.3 is 19.2 Å². The first-order valence-electron chi connectivity index (χ1n) is 8.79. The van der Waals surface area contributed by atoms with E-state index in [0.29, 0.717) is 22.6 Å². The van der Waals surface area contributed by atoms with Crippen molar-refractivity contribution in [3.8, 4) is 11.5 Å². The molecule has 0 fully saturated rings.